The number of hydrogen-bond acceptors (Lipinski definition) is 7. The van der Waals surface area contributed by atoms with Gasteiger partial charge in [-0.1, -0.05) is 56.3 Å². The van der Waals surface area contributed by atoms with Crippen molar-refractivity contribution < 1.29 is 39.0 Å². The Balaban J connectivity index is 1.97. The molecule has 2 aromatic rings. The molecule has 0 radical (unpaired) electrons. The van der Waals surface area contributed by atoms with Gasteiger partial charge in [-0.25, -0.2) is 4.79 Å². The summed E-state index contributed by atoms with van der Waals surface area (Å²) < 4.78 is 0. The van der Waals surface area contributed by atoms with Crippen LogP contribution < -0.4 is 26.6 Å². The van der Waals surface area contributed by atoms with E-state index < -0.39 is 66.7 Å². The van der Waals surface area contributed by atoms with Crippen LogP contribution in [0.3, 0.4) is 0 Å². The van der Waals surface area contributed by atoms with Crippen molar-refractivity contribution in [3.63, 3.8) is 0 Å². The average Bonchev–Trinajstić information content (AvgIpc) is 2.98. The van der Waals surface area contributed by atoms with Crippen LogP contribution in [0.25, 0.3) is 0 Å². The van der Waals surface area contributed by atoms with Crippen molar-refractivity contribution in [2.75, 3.05) is 13.1 Å². The Morgan fingerprint density at radius 2 is 1.30 bits per heavy atom. The van der Waals surface area contributed by atoms with E-state index >= 15 is 0 Å². The summed E-state index contributed by atoms with van der Waals surface area (Å²) >= 11 is 0. The predicted octanol–water partition coefficient (Wildman–Crippen LogP) is -0.372. The number of phenolic OH excluding ortho intramolecular Hbond substituents is 1. The van der Waals surface area contributed by atoms with Crippen molar-refractivity contribution in [3.05, 3.63) is 65.7 Å². The summed E-state index contributed by atoms with van der Waals surface area (Å²) in [4.78, 5) is 74.2. The fourth-order valence-corrected chi connectivity index (χ4v) is 4.08. The average molecular weight is 608 g/mol. The standard InChI is InChI=1S/C31H37N5O8/c1-4-26(38)34-23(16-21-10-12-22(37)13-11-21)29(41)33-17-27(39)32-18-28(40)35-24(15-20-8-6-5-7-9-20)30(42)36-25(31(43)44)14-19(2)3/h1,5-13,19,23-25,37H,14-18H2,2-3H3,(H,32,39)(H,33,41)(H,34,38)(H,35,40)(H,36,42)(H,43,44)/t23-,24-,25-/m0/s1. The molecule has 0 aromatic heterocycles. The van der Waals surface area contributed by atoms with Crippen molar-refractivity contribution in [2.45, 2.75) is 51.2 Å². The Morgan fingerprint density at radius 3 is 1.86 bits per heavy atom. The first-order valence-electron chi connectivity index (χ1n) is 13.8. The number of amides is 5. The van der Waals surface area contributed by atoms with Crippen LogP contribution in [-0.2, 0) is 41.6 Å². The first kappa shape index (κ1) is 34.8. The van der Waals surface area contributed by atoms with Gasteiger partial charge in [0.2, 0.25) is 23.6 Å². The fourth-order valence-electron chi connectivity index (χ4n) is 4.08. The molecule has 0 aliphatic carbocycles. The molecule has 0 bridgehead atoms. The third kappa shape index (κ3) is 12.6. The van der Waals surface area contributed by atoms with E-state index in [-0.39, 0.29) is 30.9 Å². The minimum Gasteiger partial charge on any atom is -0.508 e. The molecule has 0 aliphatic rings. The van der Waals surface area contributed by atoms with Crippen LogP contribution in [0.4, 0.5) is 0 Å². The largest absolute Gasteiger partial charge is 0.508 e. The zero-order valence-corrected chi connectivity index (χ0v) is 24.5. The number of aliphatic carboxylic acids is 1. The van der Waals surface area contributed by atoms with Gasteiger partial charge in [0.05, 0.1) is 13.1 Å². The molecule has 2 rings (SSSR count). The highest BCUT2D eigenvalue weighted by Crippen LogP contribution is 2.12. The molecule has 0 heterocycles. The molecule has 0 unspecified atom stereocenters. The van der Waals surface area contributed by atoms with Gasteiger partial charge in [-0.3, -0.25) is 24.0 Å². The van der Waals surface area contributed by atoms with E-state index in [4.69, 9.17) is 6.42 Å². The number of benzene rings is 2. The number of carbonyl (C=O) groups is 6. The highest BCUT2D eigenvalue weighted by atomic mass is 16.4. The third-order valence-corrected chi connectivity index (χ3v) is 6.25. The Hall–Kier alpha value is -5.38. The van der Waals surface area contributed by atoms with Gasteiger partial charge in [0.1, 0.15) is 23.9 Å². The summed E-state index contributed by atoms with van der Waals surface area (Å²) in [6.07, 6.45) is 5.38. The van der Waals surface area contributed by atoms with Crippen molar-refractivity contribution in [1.29, 1.82) is 0 Å². The minimum absolute atomic E-state index is 0.00838. The Bertz CT molecular complexity index is 1360. The number of rotatable bonds is 16. The SMILES string of the molecule is C#CC(=O)N[C@@H](Cc1ccc(O)cc1)C(=O)NCC(=O)NCC(=O)N[C@@H](Cc1ccccc1)C(=O)N[C@@H](CC(C)C)C(=O)O. The van der Waals surface area contributed by atoms with Crippen LogP contribution in [0.5, 0.6) is 5.75 Å². The summed E-state index contributed by atoms with van der Waals surface area (Å²) in [5.74, 6) is -3.02. The lowest BCUT2D eigenvalue weighted by atomic mass is 10.0. The lowest BCUT2D eigenvalue weighted by Crippen LogP contribution is -2.54. The summed E-state index contributed by atoms with van der Waals surface area (Å²) in [7, 11) is 0. The number of carboxylic acids is 1. The number of carboxylic acid groups (broad SMARTS) is 1. The van der Waals surface area contributed by atoms with Gasteiger partial charge in [0.15, 0.2) is 0 Å². The van der Waals surface area contributed by atoms with E-state index in [1.165, 1.54) is 12.1 Å². The molecule has 0 saturated carbocycles. The molecule has 0 aliphatic heterocycles. The van der Waals surface area contributed by atoms with E-state index in [9.17, 15) is 39.0 Å². The number of carbonyl (C=O) groups excluding carboxylic acids is 5. The van der Waals surface area contributed by atoms with E-state index in [1.54, 1.807) is 42.5 Å². The predicted molar refractivity (Wildman–Crippen MR) is 160 cm³/mol. The van der Waals surface area contributed by atoms with Crippen LogP contribution in [0, 0.1) is 18.3 Å². The summed E-state index contributed by atoms with van der Waals surface area (Å²) in [6.45, 7) is 2.57. The van der Waals surface area contributed by atoms with Gasteiger partial charge in [-0.05, 0) is 41.5 Å². The Morgan fingerprint density at radius 1 is 0.727 bits per heavy atom. The zero-order chi connectivity index (χ0) is 32.6. The maximum Gasteiger partial charge on any atom is 0.326 e. The first-order chi connectivity index (χ1) is 20.9. The number of aromatic hydroxyl groups is 1. The third-order valence-electron chi connectivity index (χ3n) is 6.25. The van der Waals surface area contributed by atoms with E-state index in [2.05, 4.69) is 26.6 Å². The van der Waals surface area contributed by atoms with Gasteiger partial charge in [-0.2, -0.15) is 0 Å². The van der Waals surface area contributed by atoms with Gasteiger partial charge < -0.3 is 36.8 Å². The van der Waals surface area contributed by atoms with E-state index in [0.717, 1.165) is 0 Å². The molecule has 44 heavy (non-hydrogen) atoms. The molecule has 0 spiro atoms. The zero-order valence-electron chi connectivity index (χ0n) is 24.5. The van der Waals surface area contributed by atoms with Crippen LogP contribution in [0.15, 0.2) is 54.6 Å². The molecule has 3 atom stereocenters. The van der Waals surface area contributed by atoms with Crippen molar-refractivity contribution in [1.82, 2.24) is 26.6 Å². The summed E-state index contributed by atoms with van der Waals surface area (Å²) in [5.41, 5.74) is 1.32. The quantitative estimate of drug-likeness (QED) is 0.125. The van der Waals surface area contributed by atoms with Crippen LogP contribution >= 0.6 is 0 Å². The topological polar surface area (TPSA) is 203 Å². The molecule has 0 fully saturated rings. The lowest BCUT2D eigenvalue weighted by molar-refractivity contribution is -0.142. The first-order valence-corrected chi connectivity index (χ1v) is 13.8. The molecule has 5 amide bonds. The maximum atomic E-state index is 13.0. The van der Waals surface area contributed by atoms with Crippen molar-refractivity contribution in [3.8, 4) is 18.1 Å². The number of terminal acetylenes is 1. The highest BCUT2D eigenvalue weighted by molar-refractivity contribution is 5.97. The number of hydrogen-bond donors (Lipinski definition) is 7. The molecular weight excluding hydrogens is 570 g/mol. The van der Waals surface area contributed by atoms with Gasteiger partial charge in [0, 0.05) is 12.8 Å². The number of phenols is 1. The second-order valence-corrected chi connectivity index (χ2v) is 10.4. The van der Waals surface area contributed by atoms with Crippen LogP contribution in [0.1, 0.15) is 31.4 Å². The molecule has 13 heteroatoms. The molecular formula is C31H37N5O8. The monoisotopic (exact) mass is 607 g/mol. The Kier molecular flexibility index (Phi) is 13.9. The highest BCUT2D eigenvalue weighted by Gasteiger charge is 2.27. The fraction of sp³-hybridized carbons (Fsp3) is 0.355. The Labute approximate surface area is 255 Å². The van der Waals surface area contributed by atoms with Crippen LogP contribution in [0.2, 0.25) is 0 Å². The maximum absolute atomic E-state index is 13.0. The molecule has 7 N–H and O–H groups in total. The van der Waals surface area contributed by atoms with Gasteiger partial charge in [0.25, 0.3) is 5.91 Å². The smallest absolute Gasteiger partial charge is 0.326 e. The minimum atomic E-state index is -1.20. The second kappa shape index (κ2) is 17.5. The second-order valence-electron chi connectivity index (χ2n) is 10.4. The van der Waals surface area contributed by atoms with E-state index in [0.29, 0.717) is 11.1 Å². The molecule has 234 valence electrons. The number of nitrogens with one attached hydrogen (secondary N) is 5. The lowest BCUT2D eigenvalue weighted by Gasteiger charge is -2.22. The summed E-state index contributed by atoms with van der Waals surface area (Å²) in [5, 5.41) is 31.1. The molecule has 13 nitrogen and oxygen atoms in total. The summed E-state index contributed by atoms with van der Waals surface area (Å²) in [6, 6.07) is 11.3. The van der Waals surface area contributed by atoms with Crippen molar-refractivity contribution >= 4 is 35.5 Å². The normalized spacial score (nSPS) is 12.5. The molecule has 0 saturated heterocycles. The van der Waals surface area contributed by atoms with E-state index in [1.807, 2.05) is 19.8 Å². The van der Waals surface area contributed by atoms with Crippen LogP contribution in [-0.4, -0.2) is 76.9 Å². The molecule has 2 aromatic carbocycles. The van der Waals surface area contributed by atoms with Gasteiger partial charge in [-0.15, -0.1) is 6.42 Å². The van der Waals surface area contributed by atoms with Crippen molar-refractivity contribution in [2.24, 2.45) is 5.92 Å². The van der Waals surface area contributed by atoms with Gasteiger partial charge >= 0.3 is 5.97 Å².